The molecule has 0 amide bonds. The number of ether oxygens (including phenoxy) is 1. The lowest BCUT2D eigenvalue weighted by molar-refractivity contribution is 0.308. The summed E-state index contributed by atoms with van der Waals surface area (Å²) in [5.74, 6) is 0. The van der Waals surface area contributed by atoms with Gasteiger partial charge in [-0.25, -0.2) is 4.99 Å². The molecule has 0 saturated heterocycles. The van der Waals surface area contributed by atoms with Crippen LogP contribution in [0.4, 0.5) is 5.69 Å². The molecule has 1 aliphatic heterocycles. The Hall–Kier alpha value is -1.71. The van der Waals surface area contributed by atoms with Crippen LogP contribution in [0.1, 0.15) is 12.0 Å². The van der Waals surface area contributed by atoms with Gasteiger partial charge in [0.05, 0.1) is 6.04 Å². The minimum Gasteiger partial charge on any atom is -0.463 e. The van der Waals surface area contributed by atoms with Gasteiger partial charge in [0, 0.05) is 5.69 Å². The Morgan fingerprint density at radius 3 is 2.60 bits per heavy atom. The summed E-state index contributed by atoms with van der Waals surface area (Å²) in [4.78, 5) is 4.17. The van der Waals surface area contributed by atoms with Gasteiger partial charge in [-0.2, -0.15) is 0 Å². The number of amidine groups is 1. The van der Waals surface area contributed by atoms with Gasteiger partial charge >= 0.3 is 0 Å². The smallest absolute Gasteiger partial charge is 0.282 e. The van der Waals surface area contributed by atoms with Gasteiger partial charge in [0.25, 0.3) is 6.02 Å². The average Bonchev–Trinajstić information content (AvgIpc) is 2.64. The number of nitrogens with zero attached hydrogens (tertiary/aromatic N) is 1. The van der Waals surface area contributed by atoms with E-state index in [1.165, 1.54) is 5.56 Å². The molecule has 0 saturated carbocycles. The van der Waals surface area contributed by atoms with Gasteiger partial charge in [0.1, 0.15) is 6.61 Å². The topological polar surface area (TPSA) is 73.6 Å². The third-order valence-corrected chi connectivity index (χ3v) is 2.48. The van der Waals surface area contributed by atoms with Crippen LogP contribution in [0.15, 0.2) is 29.3 Å². The lowest BCUT2D eigenvalue weighted by atomic mass is 10.1. The van der Waals surface area contributed by atoms with Crippen molar-refractivity contribution in [1.29, 1.82) is 0 Å². The highest BCUT2D eigenvalue weighted by Crippen LogP contribution is 2.12. The van der Waals surface area contributed by atoms with Gasteiger partial charge in [0.15, 0.2) is 0 Å². The summed E-state index contributed by atoms with van der Waals surface area (Å²) in [6.07, 6.45) is 1.94. The van der Waals surface area contributed by atoms with Crippen LogP contribution in [-0.2, 0) is 11.2 Å². The Morgan fingerprint density at radius 1 is 1.27 bits per heavy atom. The first-order chi connectivity index (χ1) is 7.24. The van der Waals surface area contributed by atoms with Crippen LogP contribution in [0, 0.1) is 0 Å². The van der Waals surface area contributed by atoms with Crippen molar-refractivity contribution in [1.82, 2.24) is 0 Å². The fraction of sp³-hybridized carbons (Fsp3) is 0.364. The second-order valence-corrected chi connectivity index (χ2v) is 3.71. The van der Waals surface area contributed by atoms with Crippen molar-refractivity contribution in [3.8, 4) is 0 Å². The van der Waals surface area contributed by atoms with E-state index in [0.29, 0.717) is 12.6 Å². The molecule has 0 radical (unpaired) electrons. The second-order valence-electron chi connectivity index (χ2n) is 3.71. The number of rotatable bonds is 3. The molecule has 0 bridgehead atoms. The Kier molecular flexibility index (Phi) is 2.76. The van der Waals surface area contributed by atoms with E-state index >= 15 is 0 Å². The highest BCUT2D eigenvalue weighted by molar-refractivity contribution is 5.72. The first kappa shape index (κ1) is 9.83. The molecule has 1 unspecified atom stereocenters. The van der Waals surface area contributed by atoms with E-state index in [-0.39, 0.29) is 6.04 Å². The predicted octanol–water partition coefficient (Wildman–Crippen LogP) is 0.915. The molecule has 4 N–H and O–H groups in total. The molecule has 2 rings (SSSR count). The number of aliphatic imine (C=N–C) groups is 1. The van der Waals surface area contributed by atoms with Crippen LogP contribution in [-0.4, -0.2) is 18.7 Å². The third-order valence-electron chi connectivity index (χ3n) is 2.48. The highest BCUT2D eigenvalue weighted by atomic mass is 16.5. The number of benzene rings is 1. The van der Waals surface area contributed by atoms with Crippen molar-refractivity contribution in [3.63, 3.8) is 0 Å². The van der Waals surface area contributed by atoms with E-state index in [1.54, 1.807) is 0 Å². The minimum absolute atomic E-state index is 0.211. The monoisotopic (exact) mass is 205 g/mol. The van der Waals surface area contributed by atoms with Crippen LogP contribution in [0.2, 0.25) is 0 Å². The first-order valence-corrected chi connectivity index (χ1v) is 5.04. The van der Waals surface area contributed by atoms with E-state index in [1.807, 2.05) is 24.3 Å². The van der Waals surface area contributed by atoms with Gasteiger partial charge in [-0.05, 0) is 30.5 Å². The maximum atomic E-state index is 5.60. The molecule has 0 aliphatic carbocycles. The maximum Gasteiger partial charge on any atom is 0.282 e. The van der Waals surface area contributed by atoms with Crippen molar-refractivity contribution in [2.45, 2.75) is 18.9 Å². The van der Waals surface area contributed by atoms with Crippen molar-refractivity contribution in [3.05, 3.63) is 29.8 Å². The number of hydrogen-bond donors (Lipinski definition) is 2. The maximum absolute atomic E-state index is 5.60. The van der Waals surface area contributed by atoms with E-state index in [0.717, 1.165) is 18.5 Å². The first-order valence-electron chi connectivity index (χ1n) is 5.04. The van der Waals surface area contributed by atoms with Crippen LogP contribution in [0.3, 0.4) is 0 Å². The normalized spacial score (nSPS) is 19.7. The van der Waals surface area contributed by atoms with Crippen molar-refractivity contribution in [2.75, 3.05) is 12.3 Å². The summed E-state index contributed by atoms with van der Waals surface area (Å²) in [5, 5.41) is 0. The van der Waals surface area contributed by atoms with Crippen molar-refractivity contribution >= 4 is 11.7 Å². The van der Waals surface area contributed by atoms with Gasteiger partial charge in [0.2, 0.25) is 0 Å². The van der Waals surface area contributed by atoms with E-state index in [2.05, 4.69) is 4.99 Å². The standard InChI is InChI=1S/C11H15N3O/c12-9-4-1-8(2-5-9)3-6-10-7-15-11(13)14-10/h1-2,4-5,10H,3,6-7,12H2,(H2,13,14). The lowest BCUT2D eigenvalue weighted by Gasteiger charge is -2.05. The molecule has 1 aliphatic rings. The molecule has 1 aromatic rings. The van der Waals surface area contributed by atoms with E-state index in [9.17, 15) is 0 Å². The SMILES string of the molecule is NC1=NC(CCc2ccc(N)cc2)CO1. The summed E-state index contributed by atoms with van der Waals surface area (Å²) in [5.41, 5.74) is 13.1. The summed E-state index contributed by atoms with van der Waals surface area (Å²) in [7, 11) is 0. The fourth-order valence-electron chi connectivity index (χ4n) is 1.60. The molecule has 0 aromatic heterocycles. The number of aryl methyl sites for hydroxylation is 1. The Morgan fingerprint density at radius 2 is 2.00 bits per heavy atom. The number of anilines is 1. The molecular formula is C11H15N3O. The van der Waals surface area contributed by atoms with Crippen LogP contribution < -0.4 is 11.5 Å². The largest absolute Gasteiger partial charge is 0.463 e. The highest BCUT2D eigenvalue weighted by Gasteiger charge is 2.15. The molecule has 0 spiro atoms. The molecule has 4 heteroatoms. The van der Waals surface area contributed by atoms with Crippen LogP contribution in [0.5, 0.6) is 0 Å². The van der Waals surface area contributed by atoms with Crippen molar-refractivity contribution < 1.29 is 4.74 Å². The molecule has 1 heterocycles. The van der Waals surface area contributed by atoms with Gasteiger partial charge in [-0.15, -0.1) is 0 Å². The zero-order chi connectivity index (χ0) is 10.7. The molecule has 4 nitrogen and oxygen atoms in total. The zero-order valence-corrected chi connectivity index (χ0v) is 8.52. The molecule has 1 atom stereocenters. The molecule has 1 aromatic carbocycles. The minimum atomic E-state index is 0.211. The van der Waals surface area contributed by atoms with Gasteiger partial charge in [-0.1, -0.05) is 12.1 Å². The van der Waals surface area contributed by atoms with Crippen molar-refractivity contribution in [2.24, 2.45) is 10.7 Å². The molecule has 0 fully saturated rings. The summed E-state index contributed by atoms with van der Waals surface area (Å²) in [6, 6.07) is 8.44. The lowest BCUT2D eigenvalue weighted by Crippen LogP contribution is -2.10. The van der Waals surface area contributed by atoms with Gasteiger partial charge < -0.3 is 16.2 Å². The number of hydrogen-bond acceptors (Lipinski definition) is 4. The van der Waals surface area contributed by atoms with E-state index < -0.39 is 0 Å². The van der Waals surface area contributed by atoms with Gasteiger partial charge in [-0.3, -0.25) is 0 Å². The second kappa shape index (κ2) is 4.21. The zero-order valence-electron chi connectivity index (χ0n) is 8.52. The molecular weight excluding hydrogens is 190 g/mol. The average molecular weight is 205 g/mol. The summed E-state index contributed by atoms with van der Waals surface area (Å²) < 4.78 is 5.08. The molecule has 15 heavy (non-hydrogen) atoms. The summed E-state index contributed by atoms with van der Waals surface area (Å²) >= 11 is 0. The fourth-order valence-corrected chi connectivity index (χ4v) is 1.60. The van der Waals surface area contributed by atoms with Crippen LogP contribution in [0.25, 0.3) is 0 Å². The quantitative estimate of drug-likeness (QED) is 0.720. The number of nitrogen functional groups attached to an aromatic ring is 1. The van der Waals surface area contributed by atoms with E-state index in [4.69, 9.17) is 16.2 Å². The van der Waals surface area contributed by atoms with Crippen LogP contribution >= 0.6 is 0 Å². The number of nitrogens with two attached hydrogens (primary N) is 2. The summed E-state index contributed by atoms with van der Waals surface area (Å²) in [6.45, 7) is 0.612. The third kappa shape index (κ3) is 2.62. The predicted molar refractivity (Wildman–Crippen MR) is 60.5 cm³/mol. The molecule has 80 valence electrons. The Balaban J connectivity index is 1.86. The Bertz CT molecular complexity index is 359. The Labute approximate surface area is 88.9 Å².